The molecule has 0 unspecified atom stereocenters. The number of rotatable bonds is 4. The van der Waals surface area contributed by atoms with Crippen LogP contribution in [0.2, 0.25) is 0 Å². The van der Waals surface area contributed by atoms with E-state index in [1.54, 1.807) is 11.8 Å². The molecule has 1 aromatic heterocycles. The van der Waals surface area contributed by atoms with E-state index in [0.29, 0.717) is 5.92 Å². The zero-order valence-electron chi connectivity index (χ0n) is 14.5. The molecule has 0 aliphatic carbocycles. The highest BCUT2D eigenvalue weighted by atomic mass is 127. The molecule has 0 saturated heterocycles. The molecule has 128 valence electrons. The van der Waals surface area contributed by atoms with E-state index in [4.69, 9.17) is 17.1 Å². The van der Waals surface area contributed by atoms with Gasteiger partial charge in [-0.15, -0.1) is 0 Å². The maximum absolute atomic E-state index is 5.86. The van der Waals surface area contributed by atoms with Crippen molar-refractivity contribution in [2.75, 3.05) is 7.11 Å². The van der Waals surface area contributed by atoms with Crippen molar-refractivity contribution in [2.24, 2.45) is 0 Å². The minimum Gasteiger partial charge on any atom is -0.418 e. The van der Waals surface area contributed by atoms with E-state index in [0.717, 1.165) is 26.8 Å². The highest BCUT2D eigenvalue weighted by Gasteiger charge is 2.12. The first-order chi connectivity index (χ1) is 12.0. The van der Waals surface area contributed by atoms with Crippen LogP contribution >= 0.6 is 34.8 Å². The maximum atomic E-state index is 5.86. The first kappa shape index (κ1) is 18.1. The van der Waals surface area contributed by atoms with Crippen molar-refractivity contribution in [1.29, 1.82) is 0 Å². The molecule has 0 bridgehead atoms. The molecule has 1 heterocycles. The summed E-state index contributed by atoms with van der Waals surface area (Å²) in [6, 6.07) is 16.8. The van der Waals surface area contributed by atoms with Crippen molar-refractivity contribution in [3.05, 3.63) is 74.6 Å². The van der Waals surface area contributed by atoms with E-state index in [1.807, 2.05) is 24.5 Å². The largest absolute Gasteiger partial charge is 0.418 e. The van der Waals surface area contributed by atoms with E-state index < -0.39 is 0 Å². The van der Waals surface area contributed by atoms with Crippen molar-refractivity contribution in [3.8, 4) is 22.3 Å². The lowest BCUT2D eigenvalue weighted by molar-refractivity contribution is 0.166. The lowest BCUT2D eigenvalue weighted by Gasteiger charge is -2.14. The third-order valence-corrected chi connectivity index (χ3v) is 5.62. The van der Waals surface area contributed by atoms with E-state index in [1.165, 1.54) is 9.13 Å². The fraction of sp³-hybridized carbons (Fsp3) is 0.190. The van der Waals surface area contributed by atoms with Crippen LogP contribution in [-0.4, -0.2) is 11.8 Å². The highest BCUT2D eigenvalue weighted by molar-refractivity contribution is 14.1. The molecular formula is C21H20INOS. The average molecular weight is 461 g/mol. The second kappa shape index (κ2) is 7.70. The second-order valence-electron chi connectivity index (χ2n) is 6.22. The molecule has 3 aromatic rings. The topological polar surface area (TPSA) is 14.2 Å². The molecule has 0 N–H and O–H groups in total. The van der Waals surface area contributed by atoms with Crippen LogP contribution in [0.15, 0.2) is 60.9 Å². The molecule has 25 heavy (non-hydrogen) atoms. The molecule has 0 atom stereocenters. The monoisotopic (exact) mass is 461 g/mol. The number of hydrogen-bond acceptors (Lipinski definition) is 2. The van der Waals surface area contributed by atoms with Crippen molar-refractivity contribution >= 4 is 34.8 Å². The number of hydrogen-bond donors (Lipinski definition) is 0. The van der Waals surface area contributed by atoms with Gasteiger partial charge in [-0.05, 0) is 51.3 Å². The third kappa shape index (κ3) is 3.80. The fourth-order valence-corrected chi connectivity index (χ4v) is 3.81. The van der Waals surface area contributed by atoms with Gasteiger partial charge in [0.1, 0.15) is 7.11 Å². The molecule has 0 amide bonds. The molecule has 4 heteroatoms. The fourth-order valence-electron chi connectivity index (χ4n) is 2.80. The van der Waals surface area contributed by atoms with Gasteiger partial charge in [0.05, 0.1) is 16.9 Å². The van der Waals surface area contributed by atoms with Crippen molar-refractivity contribution in [1.82, 2.24) is 4.73 Å². The Labute approximate surface area is 167 Å². The van der Waals surface area contributed by atoms with E-state index in [2.05, 4.69) is 72.8 Å². The van der Waals surface area contributed by atoms with E-state index >= 15 is 0 Å². The van der Waals surface area contributed by atoms with Gasteiger partial charge in [0.15, 0.2) is 0 Å². The van der Waals surface area contributed by atoms with E-state index in [-0.39, 0.29) is 0 Å². The van der Waals surface area contributed by atoms with Gasteiger partial charge >= 0.3 is 0 Å². The van der Waals surface area contributed by atoms with Gasteiger partial charge in [0, 0.05) is 14.7 Å². The summed E-state index contributed by atoms with van der Waals surface area (Å²) in [6.07, 6.45) is 3.91. The summed E-state index contributed by atoms with van der Waals surface area (Å²) in [6.45, 7) is 4.40. The smallest absolute Gasteiger partial charge is 0.104 e. The summed E-state index contributed by atoms with van der Waals surface area (Å²) < 4.78 is 3.74. The van der Waals surface area contributed by atoms with Gasteiger partial charge in [-0.2, -0.15) is 4.73 Å². The first-order valence-electron chi connectivity index (χ1n) is 8.17. The molecule has 0 saturated carbocycles. The minimum atomic E-state index is 0.473. The van der Waals surface area contributed by atoms with Gasteiger partial charge in [0.2, 0.25) is 0 Å². The quantitative estimate of drug-likeness (QED) is 0.333. The first-order valence-corrected chi connectivity index (χ1v) is 9.66. The Morgan fingerprint density at radius 3 is 2.36 bits per heavy atom. The van der Waals surface area contributed by atoms with Crippen LogP contribution in [0.25, 0.3) is 22.3 Å². The zero-order chi connectivity index (χ0) is 18.0. The van der Waals surface area contributed by atoms with Crippen LogP contribution in [0.4, 0.5) is 0 Å². The lowest BCUT2D eigenvalue weighted by Crippen LogP contribution is -2.07. The summed E-state index contributed by atoms with van der Waals surface area (Å²) >= 11 is 8.21. The summed E-state index contributed by atoms with van der Waals surface area (Å²) in [5, 5.41) is 0. The normalized spacial score (nSPS) is 10.9. The number of aromatic nitrogens is 1. The van der Waals surface area contributed by atoms with Crippen LogP contribution in [0.3, 0.4) is 0 Å². The maximum Gasteiger partial charge on any atom is 0.104 e. The van der Waals surface area contributed by atoms with Gasteiger partial charge < -0.3 is 4.84 Å². The van der Waals surface area contributed by atoms with Crippen LogP contribution < -0.4 is 4.84 Å². The SMILES string of the molecule is COn1cc(-c2cccc(C(C)C)c2)c(=S)c(-c2ccccc2I)c1. The Morgan fingerprint density at radius 2 is 1.68 bits per heavy atom. The van der Waals surface area contributed by atoms with Crippen LogP contribution in [0.5, 0.6) is 0 Å². The Balaban J connectivity index is 2.25. The summed E-state index contributed by atoms with van der Waals surface area (Å²) in [5.41, 5.74) is 5.57. The van der Waals surface area contributed by atoms with Gasteiger partial charge in [-0.1, -0.05) is 68.5 Å². The van der Waals surface area contributed by atoms with Crippen molar-refractivity contribution in [2.45, 2.75) is 19.8 Å². The predicted octanol–water partition coefficient (Wildman–Crippen LogP) is 6.34. The number of pyridine rings is 1. The number of halogens is 1. The van der Waals surface area contributed by atoms with Crippen LogP contribution in [0, 0.1) is 8.08 Å². The van der Waals surface area contributed by atoms with Crippen molar-refractivity contribution in [3.63, 3.8) is 0 Å². The zero-order valence-corrected chi connectivity index (χ0v) is 17.5. The highest BCUT2D eigenvalue weighted by Crippen LogP contribution is 2.32. The second-order valence-corrected chi connectivity index (χ2v) is 7.79. The summed E-state index contributed by atoms with van der Waals surface area (Å²) in [5.74, 6) is 0.473. The molecule has 0 aliphatic heterocycles. The molecule has 3 rings (SSSR count). The number of nitrogens with zero attached hydrogens (tertiary/aromatic N) is 1. The standard InChI is InChI=1S/C21H20INOS/c1-14(2)15-7-6-8-16(11-15)18-12-23(24-3)13-19(21(18)25)17-9-4-5-10-20(17)22/h4-14H,1-3H3. The molecule has 2 aromatic carbocycles. The molecule has 0 aliphatic rings. The summed E-state index contributed by atoms with van der Waals surface area (Å²) in [7, 11) is 1.66. The van der Waals surface area contributed by atoms with Gasteiger partial charge in [-0.3, -0.25) is 0 Å². The van der Waals surface area contributed by atoms with E-state index in [9.17, 15) is 0 Å². The van der Waals surface area contributed by atoms with Gasteiger partial charge in [0.25, 0.3) is 0 Å². The van der Waals surface area contributed by atoms with Crippen LogP contribution in [-0.2, 0) is 0 Å². The van der Waals surface area contributed by atoms with Crippen LogP contribution in [0.1, 0.15) is 25.3 Å². The Morgan fingerprint density at radius 1 is 0.960 bits per heavy atom. The summed E-state index contributed by atoms with van der Waals surface area (Å²) in [4.78, 5) is 5.48. The minimum absolute atomic E-state index is 0.473. The molecule has 0 spiro atoms. The molecular weight excluding hydrogens is 441 g/mol. The Bertz CT molecular complexity index is 962. The Kier molecular flexibility index (Phi) is 5.59. The van der Waals surface area contributed by atoms with Gasteiger partial charge in [-0.25, -0.2) is 0 Å². The predicted molar refractivity (Wildman–Crippen MR) is 115 cm³/mol. The molecule has 0 radical (unpaired) electrons. The van der Waals surface area contributed by atoms with Crippen molar-refractivity contribution < 1.29 is 4.84 Å². The average Bonchev–Trinajstić information content (AvgIpc) is 2.62. The third-order valence-electron chi connectivity index (χ3n) is 4.24. The Hall–Kier alpha value is -1.66. The number of benzene rings is 2. The lowest BCUT2D eigenvalue weighted by atomic mass is 9.97. The molecule has 0 fully saturated rings. The molecule has 2 nitrogen and oxygen atoms in total.